The molecule has 7 nitrogen and oxygen atoms in total. The first-order chi connectivity index (χ1) is 14.5. The molecule has 0 atom stereocenters. The van der Waals surface area contributed by atoms with E-state index in [0.29, 0.717) is 38.4 Å². The molecule has 3 rings (SSSR count). The van der Waals surface area contributed by atoms with Crippen molar-refractivity contribution in [1.29, 1.82) is 0 Å². The summed E-state index contributed by atoms with van der Waals surface area (Å²) in [7, 11) is 1.65. The van der Waals surface area contributed by atoms with Crippen LogP contribution in [-0.4, -0.2) is 35.5 Å². The number of ether oxygens (including phenoxy) is 1. The molecule has 2 heterocycles. The second kappa shape index (κ2) is 10.8. The molecule has 0 saturated carbocycles. The van der Waals surface area contributed by atoms with Crippen molar-refractivity contribution in [1.82, 2.24) is 14.7 Å². The van der Waals surface area contributed by atoms with Crippen molar-refractivity contribution in [3.63, 3.8) is 0 Å². The SMILES string of the molecule is COc1cccc(Cc2nsc(N(CCC(=O)NCC(C)C)Cc3ccco3)n2)c1. The average Bonchev–Trinajstić information content (AvgIpc) is 3.41. The lowest BCUT2D eigenvalue weighted by Crippen LogP contribution is -2.32. The number of anilines is 1. The third-order valence-corrected chi connectivity index (χ3v) is 5.28. The number of methoxy groups -OCH3 is 1. The van der Waals surface area contributed by atoms with Gasteiger partial charge >= 0.3 is 0 Å². The Balaban J connectivity index is 1.67. The molecule has 0 aliphatic heterocycles. The third-order valence-electron chi connectivity index (χ3n) is 4.47. The van der Waals surface area contributed by atoms with Crippen LogP contribution in [0, 0.1) is 5.92 Å². The van der Waals surface area contributed by atoms with E-state index in [1.165, 1.54) is 11.5 Å². The van der Waals surface area contributed by atoms with E-state index in [9.17, 15) is 4.79 Å². The van der Waals surface area contributed by atoms with Crippen molar-refractivity contribution in [2.45, 2.75) is 33.2 Å². The van der Waals surface area contributed by atoms with Gasteiger partial charge in [0.15, 0.2) is 0 Å². The zero-order valence-corrected chi connectivity index (χ0v) is 18.4. The number of carbonyl (C=O) groups excluding carboxylic acids is 1. The highest BCUT2D eigenvalue weighted by molar-refractivity contribution is 7.09. The number of amides is 1. The average molecular weight is 429 g/mol. The van der Waals surface area contributed by atoms with E-state index in [-0.39, 0.29) is 5.91 Å². The molecule has 30 heavy (non-hydrogen) atoms. The largest absolute Gasteiger partial charge is 0.497 e. The molecular formula is C22H28N4O3S. The van der Waals surface area contributed by atoms with Gasteiger partial charge in [-0.25, -0.2) is 4.98 Å². The molecule has 3 aromatic rings. The second-order valence-corrected chi connectivity index (χ2v) is 8.20. The van der Waals surface area contributed by atoms with Gasteiger partial charge in [-0.15, -0.1) is 0 Å². The number of rotatable bonds is 11. The molecule has 0 spiro atoms. The summed E-state index contributed by atoms with van der Waals surface area (Å²) in [4.78, 5) is 18.9. The molecule has 0 aliphatic rings. The zero-order valence-electron chi connectivity index (χ0n) is 17.6. The smallest absolute Gasteiger partial charge is 0.221 e. The molecule has 2 aromatic heterocycles. The predicted molar refractivity (Wildman–Crippen MR) is 118 cm³/mol. The van der Waals surface area contributed by atoms with Gasteiger partial charge in [-0.3, -0.25) is 4.79 Å². The van der Waals surface area contributed by atoms with Crippen LogP contribution in [0.5, 0.6) is 5.75 Å². The summed E-state index contributed by atoms with van der Waals surface area (Å²) in [5.41, 5.74) is 1.09. The van der Waals surface area contributed by atoms with E-state index in [1.54, 1.807) is 13.4 Å². The summed E-state index contributed by atoms with van der Waals surface area (Å²) in [5.74, 6) is 2.85. The Kier molecular flexibility index (Phi) is 7.84. The number of hydrogen-bond donors (Lipinski definition) is 1. The number of benzene rings is 1. The molecule has 0 bridgehead atoms. The number of aromatic nitrogens is 2. The fraction of sp³-hybridized carbons (Fsp3) is 0.409. The first-order valence-electron chi connectivity index (χ1n) is 10.0. The Morgan fingerprint density at radius 2 is 2.17 bits per heavy atom. The maximum absolute atomic E-state index is 12.2. The molecule has 160 valence electrons. The van der Waals surface area contributed by atoms with Gasteiger partial charge in [-0.2, -0.15) is 4.37 Å². The Morgan fingerprint density at radius 1 is 1.30 bits per heavy atom. The number of carbonyl (C=O) groups is 1. The summed E-state index contributed by atoms with van der Waals surface area (Å²) in [6.45, 7) is 5.92. The van der Waals surface area contributed by atoms with E-state index in [0.717, 1.165) is 28.0 Å². The highest BCUT2D eigenvalue weighted by Gasteiger charge is 2.16. The van der Waals surface area contributed by atoms with Gasteiger partial charge in [-0.1, -0.05) is 26.0 Å². The highest BCUT2D eigenvalue weighted by Crippen LogP contribution is 2.22. The van der Waals surface area contributed by atoms with Gasteiger partial charge in [0.1, 0.15) is 17.3 Å². The minimum absolute atomic E-state index is 0.0364. The first kappa shape index (κ1) is 21.8. The monoisotopic (exact) mass is 428 g/mol. The summed E-state index contributed by atoms with van der Waals surface area (Å²) in [5, 5.41) is 3.74. The fourth-order valence-electron chi connectivity index (χ4n) is 2.89. The van der Waals surface area contributed by atoms with Crippen LogP contribution in [0.2, 0.25) is 0 Å². The van der Waals surface area contributed by atoms with Crippen LogP contribution in [0.4, 0.5) is 5.13 Å². The van der Waals surface area contributed by atoms with Crippen molar-refractivity contribution in [3.05, 3.63) is 59.8 Å². The van der Waals surface area contributed by atoms with Gasteiger partial charge in [0.05, 0.1) is 19.9 Å². The summed E-state index contributed by atoms with van der Waals surface area (Å²) >= 11 is 1.34. The topological polar surface area (TPSA) is 80.5 Å². The number of hydrogen-bond acceptors (Lipinski definition) is 7. The van der Waals surface area contributed by atoms with Gasteiger partial charge in [0, 0.05) is 37.5 Å². The van der Waals surface area contributed by atoms with Gasteiger partial charge in [0.2, 0.25) is 11.0 Å². The molecule has 1 aromatic carbocycles. The highest BCUT2D eigenvalue weighted by atomic mass is 32.1. The van der Waals surface area contributed by atoms with Crippen molar-refractivity contribution in [2.24, 2.45) is 5.92 Å². The Labute approximate surface area is 181 Å². The van der Waals surface area contributed by atoms with E-state index >= 15 is 0 Å². The van der Waals surface area contributed by atoms with Crippen LogP contribution < -0.4 is 15.0 Å². The summed E-state index contributed by atoms with van der Waals surface area (Å²) < 4.78 is 15.3. The lowest BCUT2D eigenvalue weighted by molar-refractivity contribution is -0.121. The molecule has 1 amide bonds. The van der Waals surface area contributed by atoms with Crippen molar-refractivity contribution in [3.8, 4) is 5.75 Å². The standard InChI is InChI=1S/C22H28N4O3S/c1-16(2)14-23-21(27)9-10-26(15-19-8-5-11-29-19)22-24-20(25-30-22)13-17-6-4-7-18(12-17)28-3/h4-8,11-12,16H,9-10,13-15H2,1-3H3,(H,23,27). The lowest BCUT2D eigenvalue weighted by Gasteiger charge is -2.20. The molecule has 1 N–H and O–H groups in total. The fourth-order valence-corrected chi connectivity index (χ4v) is 3.60. The Bertz CT molecular complexity index is 924. The number of furan rings is 1. The second-order valence-electron chi connectivity index (χ2n) is 7.47. The van der Waals surface area contributed by atoms with Crippen LogP contribution in [-0.2, 0) is 17.8 Å². The molecule has 0 unspecified atom stereocenters. The van der Waals surface area contributed by atoms with Gasteiger partial charge < -0.3 is 19.4 Å². The maximum atomic E-state index is 12.2. The van der Waals surface area contributed by atoms with Crippen molar-refractivity contribution >= 4 is 22.6 Å². The van der Waals surface area contributed by atoms with Gasteiger partial charge in [-0.05, 0) is 35.7 Å². The first-order valence-corrected chi connectivity index (χ1v) is 10.8. The molecule has 8 heteroatoms. The maximum Gasteiger partial charge on any atom is 0.221 e. The summed E-state index contributed by atoms with van der Waals surface area (Å²) in [6.07, 6.45) is 2.66. The van der Waals surface area contributed by atoms with E-state index in [4.69, 9.17) is 14.1 Å². The Morgan fingerprint density at radius 3 is 2.90 bits per heavy atom. The lowest BCUT2D eigenvalue weighted by atomic mass is 10.1. The summed E-state index contributed by atoms with van der Waals surface area (Å²) in [6, 6.07) is 11.7. The van der Waals surface area contributed by atoms with E-state index in [2.05, 4.69) is 23.5 Å². The quantitative estimate of drug-likeness (QED) is 0.499. The van der Waals surface area contributed by atoms with Crippen LogP contribution in [0.1, 0.15) is 37.4 Å². The minimum atomic E-state index is 0.0364. The normalized spacial score (nSPS) is 10.9. The number of nitrogens with one attached hydrogen (secondary N) is 1. The Hall–Kier alpha value is -2.87. The van der Waals surface area contributed by atoms with Crippen molar-refractivity contribution < 1.29 is 13.9 Å². The molecule has 0 radical (unpaired) electrons. The van der Waals surface area contributed by atoms with Crippen LogP contribution >= 0.6 is 11.5 Å². The molecule has 0 aliphatic carbocycles. The zero-order chi connectivity index (χ0) is 21.3. The van der Waals surface area contributed by atoms with Crippen LogP contribution in [0.3, 0.4) is 0 Å². The van der Waals surface area contributed by atoms with Crippen molar-refractivity contribution in [2.75, 3.05) is 25.1 Å². The molecule has 0 saturated heterocycles. The minimum Gasteiger partial charge on any atom is -0.497 e. The van der Waals surface area contributed by atoms with Crippen LogP contribution in [0.25, 0.3) is 0 Å². The predicted octanol–water partition coefficient (Wildman–Crippen LogP) is 3.90. The third kappa shape index (κ3) is 6.59. The number of nitrogens with zero attached hydrogens (tertiary/aromatic N) is 3. The van der Waals surface area contributed by atoms with Crippen LogP contribution in [0.15, 0.2) is 47.1 Å². The van der Waals surface area contributed by atoms with E-state index in [1.807, 2.05) is 41.3 Å². The molecule has 0 fully saturated rings. The van der Waals surface area contributed by atoms with Gasteiger partial charge in [0.25, 0.3) is 0 Å². The van der Waals surface area contributed by atoms with E-state index < -0.39 is 0 Å². The molecular weight excluding hydrogens is 400 g/mol.